The van der Waals surface area contributed by atoms with Crippen molar-refractivity contribution >= 4 is 5.91 Å². The summed E-state index contributed by atoms with van der Waals surface area (Å²) in [6, 6.07) is 6.68. The third-order valence-electron chi connectivity index (χ3n) is 7.96. The SMILES string of the molecule is O=C(C[C@@H]1CCCO1)NC1CCC(CCN2CCC(c3cccc4c3OCO4)CC2)CC1. The van der Waals surface area contributed by atoms with Gasteiger partial charge >= 0.3 is 0 Å². The van der Waals surface area contributed by atoms with Gasteiger partial charge in [-0.1, -0.05) is 12.1 Å². The molecule has 3 heterocycles. The van der Waals surface area contributed by atoms with Gasteiger partial charge < -0.3 is 24.4 Å². The van der Waals surface area contributed by atoms with Crippen molar-refractivity contribution in [3.05, 3.63) is 23.8 Å². The number of rotatable bonds is 7. The highest BCUT2D eigenvalue weighted by Gasteiger charge is 2.28. The second kappa shape index (κ2) is 10.4. The van der Waals surface area contributed by atoms with E-state index in [1.54, 1.807) is 0 Å². The van der Waals surface area contributed by atoms with Gasteiger partial charge in [0.15, 0.2) is 11.5 Å². The highest BCUT2D eigenvalue weighted by Crippen LogP contribution is 2.42. The Bertz CT molecular complexity index is 763. The zero-order chi connectivity index (χ0) is 21.8. The lowest BCUT2D eigenvalue weighted by molar-refractivity contribution is -0.124. The number of para-hydroxylation sites is 1. The summed E-state index contributed by atoms with van der Waals surface area (Å²) >= 11 is 0. The normalized spacial score (nSPS) is 28.7. The number of benzene rings is 1. The van der Waals surface area contributed by atoms with Gasteiger partial charge in [0.1, 0.15) is 0 Å². The molecule has 1 aliphatic carbocycles. The van der Waals surface area contributed by atoms with Crippen LogP contribution in [0.5, 0.6) is 11.5 Å². The number of hydrogen-bond acceptors (Lipinski definition) is 5. The highest BCUT2D eigenvalue weighted by atomic mass is 16.7. The Labute approximate surface area is 192 Å². The molecule has 1 amide bonds. The van der Waals surface area contributed by atoms with Gasteiger partial charge in [0.25, 0.3) is 0 Å². The lowest BCUT2D eigenvalue weighted by atomic mass is 9.83. The summed E-state index contributed by atoms with van der Waals surface area (Å²) in [5.41, 5.74) is 1.33. The number of hydrogen-bond donors (Lipinski definition) is 1. The Morgan fingerprint density at radius 3 is 2.66 bits per heavy atom. The summed E-state index contributed by atoms with van der Waals surface area (Å²) in [5.74, 6) is 3.46. The molecular formula is C26H38N2O4. The summed E-state index contributed by atoms with van der Waals surface area (Å²) < 4.78 is 16.9. The first-order valence-corrected chi connectivity index (χ1v) is 12.8. The number of nitrogens with one attached hydrogen (secondary N) is 1. The molecule has 4 aliphatic rings. The molecule has 1 aromatic rings. The van der Waals surface area contributed by atoms with Gasteiger partial charge in [-0.25, -0.2) is 0 Å². The van der Waals surface area contributed by atoms with Crippen LogP contribution in [0, 0.1) is 5.92 Å². The predicted molar refractivity (Wildman–Crippen MR) is 123 cm³/mol. The smallest absolute Gasteiger partial charge is 0.231 e. The number of carbonyl (C=O) groups excluding carboxylic acids is 1. The number of likely N-dealkylation sites (tertiary alicyclic amines) is 1. The average molecular weight is 443 g/mol. The van der Waals surface area contributed by atoms with Gasteiger partial charge in [0, 0.05) is 18.2 Å². The molecule has 1 aromatic carbocycles. The molecule has 0 radical (unpaired) electrons. The predicted octanol–water partition coefficient (Wildman–Crippen LogP) is 4.23. The van der Waals surface area contributed by atoms with Crippen LogP contribution in [0.2, 0.25) is 0 Å². The molecule has 0 bridgehead atoms. The summed E-state index contributed by atoms with van der Waals surface area (Å²) in [6.07, 6.45) is 11.3. The van der Waals surface area contributed by atoms with Gasteiger partial charge in [0.05, 0.1) is 12.5 Å². The molecule has 0 spiro atoms. The molecule has 0 unspecified atom stereocenters. The van der Waals surface area contributed by atoms with Crippen LogP contribution in [0.1, 0.15) is 75.7 Å². The van der Waals surface area contributed by atoms with Crippen molar-refractivity contribution in [2.75, 3.05) is 33.0 Å². The Morgan fingerprint density at radius 1 is 1.03 bits per heavy atom. The van der Waals surface area contributed by atoms with E-state index in [4.69, 9.17) is 14.2 Å². The maximum absolute atomic E-state index is 12.3. The number of ether oxygens (including phenoxy) is 3. The molecule has 32 heavy (non-hydrogen) atoms. The molecule has 1 saturated carbocycles. The number of amides is 1. The molecular weight excluding hydrogens is 404 g/mol. The summed E-state index contributed by atoms with van der Waals surface area (Å²) in [7, 11) is 0. The second-order valence-electron chi connectivity index (χ2n) is 10.1. The van der Waals surface area contributed by atoms with Gasteiger partial charge in [-0.15, -0.1) is 0 Å². The number of nitrogens with zero attached hydrogens (tertiary/aromatic N) is 1. The zero-order valence-electron chi connectivity index (χ0n) is 19.2. The highest BCUT2D eigenvalue weighted by molar-refractivity contribution is 5.76. The van der Waals surface area contributed by atoms with Gasteiger partial charge in [-0.3, -0.25) is 4.79 Å². The first-order valence-electron chi connectivity index (χ1n) is 12.8. The van der Waals surface area contributed by atoms with Gasteiger partial charge in [-0.05, 0) is 95.3 Å². The van der Waals surface area contributed by atoms with Crippen LogP contribution < -0.4 is 14.8 Å². The summed E-state index contributed by atoms with van der Waals surface area (Å²) in [6.45, 7) is 4.72. The van der Waals surface area contributed by atoms with Crippen LogP contribution in [0.25, 0.3) is 0 Å². The maximum Gasteiger partial charge on any atom is 0.231 e. The molecule has 2 saturated heterocycles. The van der Waals surface area contributed by atoms with E-state index >= 15 is 0 Å². The van der Waals surface area contributed by atoms with Crippen LogP contribution in [-0.4, -0.2) is 56.0 Å². The minimum atomic E-state index is 0.152. The Kier molecular flexibility index (Phi) is 7.18. The number of piperidine rings is 1. The van der Waals surface area contributed by atoms with Crippen molar-refractivity contribution in [3.8, 4) is 11.5 Å². The Balaban J connectivity index is 0.988. The van der Waals surface area contributed by atoms with E-state index in [-0.39, 0.29) is 12.0 Å². The van der Waals surface area contributed by atoms with E-state index in [1.165, 1.54) is 57.3 Å². The first kappa shape index (κ1) is 22.0. The van der Waals surface area contributed by atoms with E-state index in [2.05, 4.69) is 22.3 Å². The van der Waals surface area contributed by atoms with Crippen LogP contribution in [0.3, 0.4) is 0 Å². The van der Waals surface area contributed by atoms with Gasteiger partial charge in [0.2, 0.25) is 12.7 Å². The summed E-state index contributed by atoms with van der Waals surface area (Å²) in [4.78, 5) is 14.9. The molecule has 5 rings (SSSR count). The number of carbonyl (C=O) groups is 1. The quantitative estimate of drug-likeness (QED) is 0.685. The Hall–Kier alpha value is -1.79. The standard InChI is InChI=1S/C26H38N2O4/c29-25(17-22-3-2-16-30-22)27-21-8-6-19(7-9-21)10-13-28-14-11-20(12-15-28)23-4-1-5-24-26(23)32-18-31-24/h1,4-5,19-22H,2-3,6-18H2,(H,27,29)/t19?,21?,22-/m0/s1. The van der Waals surface area contributed by atoms with Gasteiger partial charge in [-0.2, -0.15) is 0 Å². The molecule has 0 aromatic heterocycles. The molecule has 6 nitrogen and oxygen atoms in total. The molecule has 3 aliphatic heterocycles. The minimum absolute atomic E-state index is 0.152. The first-order chi connectivity index (χ1) is 15.7. The summed E-state index contributed by atoms with van der Waals surface area (Å²) in [5, 5.41) is 3.26. The van der Waals surface area contributed by atoms with Crippen molar-refractivity contribution in [2.24, 2.45) is 5.92 Å². The molecule has 1 N–H and O–H groups in total. The third kappa shape index (κ3) is 5.40. The number of fused-ring (bicyclic) bond motifs is 1. The van der Waals surface area contributed by atoms with Crippen molar-refractivity contribution in [2.45, 2.75) is 82.3 Å². The largest absolute Gasteiger partial charge is 0.454 e. The van der Waals surface area contributed by atoms with Crippen LogP contribution >= 0.6 is 0 Å². The van der Waals surface area contributed by atoms with Crippen molar-refractivity contribution < 1.29 is 19.0 Å². The molecule has 176 valence electrons. The second-order valence-corrected chi connectivity index (χ2v) is 10.1. The van der Waals surface area contributed by atoms with Crippen LogP contribution in [0.4, 0.5) is 0 Å². The van der Waals surface area contributed by atoms with Crippen molar-refractivity contribution in [1.29, 1.82) is 0 Å². The zero-order valence-corrected chi connectivity index (χ0v) is 19.2. The Morgan fingerprint density at radius 2 is 1.88 bits per heavy atom. The maximum atomic E-state index is 12.3. The van der Waals surface area contributed by atoms with Crippen LogP contribution in [-0.2, 0) is 9.53 Å². The monoisotopic (exact) mass is 442 g/mol. The minimum Gasteiger partial charge on any atom is -0.454 e. The van der Waals surface area contributed by atoms with Crippen molar-refractivity contribution in [1.82, 2.24) is 10.2 Å². The third-order valence-corrected chi connectivity index (χ3v) is 7.96. The topological polar surface area (TPSA) is 60.0 Å². The van der Waals surface area contributed by atoms with E-state index in [0.717, 1.165) is 49.7 Å². The van der Waals surface area contributed by atoms with E-state index in [1.807, 2.05) is 6.07 Å². The fourth-order valence-corrected chi connectivity index (χ4v) is 6.00. The molecule has 6 heteroatoms. The van der Waals surface area contributed by atoms with E-state index < -0.39 is 0 Å². The van der Waals surface area contributed by atoms with Crippen molar-refractivity contribution in [3.63, 3.8) is 0 Å². The fraction of sp³-hybridized carbons (Fsp3) is 0.731. The van der Waals surface area contributed by atoms with E-state index in [9.17, 15) is 4.79 Å². The van der Waals surface area contributed by atoms with Crippen LogP contribution in [0.15, 0.2) is 18.2 Å². The fourth-order valence-electron chi connectivity index (χ4n) is 6.00. The van der Waals surface area contributed by atoms with E-state index in [0.29, 0.717) is 25.2 Å². The molecule has 1 atom stereocenters. The molecule has 3 fully saturated rings. The lowest BCUT2D eigenvalue weighted by Gasteiger charge is -2.34. The lowest BCUT2D eigenvalue weighted by Crippen LogP contribution is -2.39. The average Bonchev–Trinajstić information content (AvgIpc) is 3.51.